The highest BCUT2D eigenvalue weighted by Crippen LogP contribution is 2.38. The lowest BCUT2D eigenvalue weighted by molar-refractivity contribution is 0.108. The highest BCUT2D eigenvalue weighted by Gasteiger charge is 2.27. The Morgan fingerprint density at radius 2 is 2.08 bits per heavy atom. The number of aromatic nitrogens is 5. The summed E-state index contributed by atoms with van der Waals surface area (Å²) in [5.74, 6) is 1.89. The first kappa shape index (κ1) is 25.8. The van der Waals surface area contributed by atoms with Crippen LogP contribution in [0.5, 0.6) is 5.75 Å². The third-order valence-electron chi connectivity index (χ3n) is 6.29. The lowest BCUT2D eigenvalue weighted by atomic mass is 10.1. The Morgan fingerprint density at radius 3 is 2.81 bits per heavy atom. The number of rotatable bonds is 8. The molecule has 0 unspecified atom stereocenters. The topological polar surface area (TPSA) is 101 Å². The van der Waals surface area contributed by atoms with Crippen molar-refractivity contribution < 1.29 is 9.84 Å². The fraction of sp³-hybridized carbons (Fsp3) is 0.308. The number of aliphatic hydroxyl groups excluding tert-OH is 1. The number of aliphatic hydroxyl groups is 1. The van der Waals surface area contributed by atoms with Gasteiger partial charge in [0.05, 0.1) is 32.7 Å². The van der Waals surface area contributed by atoms with Crippen molar-refractivity contribution in [1.82, 2.24) is 30.0 Å². The zero-order valence-corrected chi connectivity index (χ0v) is 23.7. The van der Waals surface area contributed by atoms with Gasteiger partial charge in [-0.25, -0.2) is 9.97 Å². The van der Waals surface area contributed by atoms with Gasteiger partial charge in [0.15, 0.2) is 5.82 Å². The fourth-order valence-electron chi connectivity index (χ4n) is 4.44. The van der Waals surface area contributed by atoms with E-state index in [0.717, 1.165) is 32.0 Å². The van der Waals surface area contributed by atoms with Crippen LogP contribution in [0.25, 0.3) is 22.8 Å². The first-order chi connectivity index (χ1) is 17.9. The number of pyridine rings is 1. The molecule has 37 heavy (non-hydrogen) atoms. The van der Waals surface area contributed by atoms with Gasteiger partial charge in [0.1, 0.15) is 30.0 Å². The van der Waals surface area contributed by atoms with Crippen molar-refractivity contribution in [2.45, 2.75) is 26.1 Å². The lowest BCUT2D eigenvalue weighted by Gasteiger charge is -2.22. The predicted octanol–water partition coefficient (Wildman–Crippen LogP) is 3.98. The van der Waals surface area contributed by atoms with Crippen LogP contribution >= 0.6 is 34.2 Å². The van der Waals surface area contributed by atoms with E-state index >= 15 is 0 Å². The Kier molecular flexibility index (Phi) is 7.61. The smallest absolute Gasteiger partial charge is 0.163 e. The predicted molar refractivity (Wildman–Crippen MR) is 152 cm³/mol. The average Bonchev–Trinajstić information content (AvgIpc) is 3.46. The van der Waals surface area contributed by atoms with Gasteiger partial charge < -0.3 is 20.1 Å². The Balaban J connectivity index is 1.60. The van der Waals surface area contributed by atoms with Gasteiger partial charge in [0, 0.05) is 37.5 Å². The maximum absolute atomic E-state index is 10.1. The summed E-state index contributed by atoms with van der Waals surface area (Å²) >= 11 is 8.95. The molecule has 5 rings (SSSR count). The second kappa shape index (κ2) is 10.9. The molecule has 0 fully saturated rings. The molecular formula is C26H27ClIN7O2. The molecule has 1 atom stereocenters. The number of hydrogen-bond donors (Lipinski definition) is 2. The largest absolute Gasteiger partial charge is 0.491 e. The normalized spacial score (nSPS) is 13.6. The van der Waals surface area contributed by atoms with Crippen molar-refractivity contribution in [3.63, 3.8) is 0 Å². The van der Waals surface area contributed by atoms with Crippen LogP contribution in [-0.4, -0.2) is 56.1 Å². The summed E-state index contributed by atoms with van der Waals surface area (Å²) in [7, 11) is 3.69. The molecule has 1 aliphatic heterocycles. The Bertz CT molecular complexity index is 1400. The minimum atomic E-state index is -0.629. The minimum absolute atomic E-state index is 0.152. The monoisotopic (exact) mass is 631 g/mol. The minimum Gasteiger partial charge on any atom is -0.491 e. The summed E-state index contributed by atoms with van der Waals surface area (Å²) in [5, 5.41) is 17.9. The van der Waals surface area contributed by atoms with Gasteiger partial charge in [-0.2, -0.15) is 5.10 Å². The maximum Gasteiger partial charge on any atom is 0.163 e. The molecule has 0 spiro atoms. The molecule has 1 aromatic carbocycles. The van der Waals surface area contributed by atoms with Gasteiger partial charge in [-0.1, -0.05) is 17.7 Å². The molecule has 0 saturated carbocycles. The van der Waals surface area contributed by atoms with Gasteiger partial charge in [-0.15, -0.1) is 0 Å². The van der Waals surface area contributed by atoms with Crippen molar-refractivity contribution >= 4 is 40.0 Å². The standard InChI is InChI=1S/C26H27ClIN7O2/c1-15-23(24-21(28)11-31-34(24)3)32-25(33-26(15)35-12-16-5-4-8-30-22(16)13-35)19-9-18(6-7-20(19)27)37-14-17(36)10-29-2/h4-9,11,17,29,36H,10,12-14H2,1-3H3/t17-/m1/s1. The van der Waals surface area contributed by atoms with E-state index in [4.69, 9.17) is 26.3 Å². The summed E-state index contributed by atoms with van der Waals surface area (Å²) in [4.78, 5) is 16.8. The number of benzene rings is 1. The molecule has 9 nitrogen and oxygen atoms in total. The van der Waals surface area contributed by atoms with E-state index in [1.54, 1.807) is 19.2 Å². The third-order valence-corrected chi connectivity index (χ3v) is 7.40. The van der Waals surface area contributed by atoms with E-state index in [2.05, 4.69) is 49.0 Å². The van der Waals surface area contributed by atoms with E-state index in [1.807, 2.05) is 43.2 Å². The third kappa shape index (κ3) is 5.28. The molecular weight excluding hydrogens is 605 g/mol. The van der Waals surface area contributed by atoms with Crippen LogP contribution in [0.15, 0.2) is 42.7 Å². The van der Waals surface area contributed by atoms with Gasteiger partial charge in [-0.3, -0.25) is 9.67 Å². The van der Waals surface area contributed by atoms with Gasteiger partial charge in [-0.05, 0) is 66.4 Å². The fourth-order valence-corrected chi connectivity index (χ4v) is 5.37. The zero-order chi connectivity index (χ0) is 26.1. The Labute approximate surface area is 234 Å². The van der Waals surface area contributed by atoms with Gasteiger partial charge >= 0.3 is 0 Å². The quantitative estimate of drug-likeness (QED) is 0.282. The summed E-state index contributed by atoms with van der Waals surface area (Å²) in [6.45, 7) is 4.00. The number of aryl methyl sites for hydroxylation is 1. The molecule has 2 N–H and O–H groups in total. The number of likely N-dealkylation sites (N-methyl/N-ethyl adjacent to an activating group) is 1. The molecule has 4 heterocycles. The second-order valence-corrected chi connectivity index (χ2v) is 10.5. The molecule has 0 radical (unpaired) electrons. The van der Waals surface area contributed by atoms with Crippen molar-refractivity contribution in [3.05, 3.63) is 68.1 Å². The zero-order valence-electron chi connectivity index (χ0n) is 20.7. The number of halogens is 2. The molecule has 192 valence electrons. The van der Waals surface area contributed by atoms with E-state index in [-0.39, 0.29) is 6.61 Å². The number of hydrogen-bond acceptors (Lipinski definition) is 8. The highest BCUT2D eigenvalue weighted by atomic mass is 127. The number of ether oxygens (including phenoxy) is 1. The van der Waals surface area contributed by atoms with Crippen LogP contribution in [0.1, 0.15) is 16.8 Å². The second-order valence-electron chi connectivity index (χ2n) is 8.94. The average molecular weight is 632 g/mol. The van der Waals surface area contributed by atoms with Crippen LogP contribution in [0.4, 0.5) is 5.82 Å². The van der Waals surface area contributed by atoms with Crippen LogP contribution in [-0.2, 0) is 20.1 Å². The van der Waals surface area contributed by atoms with E-state index < -0.39 is 6.10 Å². The number of nitrogens with one attached hydrogen (secondary N) is 1. The maximum atomic E-state index is 10.1. The number of anilines is 1. The first-order valence-electron chi connectivity index (χ1n) is 11.8. The van der Waals surface area contributed by atoms with Gasteiger partial charge in [0.25, 0.3) is 0 Å². The Morgan fingerprint density at radius 1 is 1.24 bits per heavy atom. The number of nitrogens with zero attached hydrogens (tertiary/aromatic N) is 6. The molecule has 0 saturated heterocycles. The van der Waals surface area contributed by atoms with Gasteiger partial charge in [0.2, 0.25) is 0 Å². The Hall–Kier alpha value is -2.80. The van der Waals surface area contributed by atoms with E-state index in [0.29, 0.717) is 41.8 Å². The SMILES string of the molecule is CNC[C@@H](O)COc1ccc(Cl)c(-c2nc(-c3c(I)cnn3C)c(C)c(N3Cc4cccnc4C3)n2)c1. The van der Waals surface area contributed by atoms with Crippen LogP contribution in [0.2, 0.25) is 5.02 Å². The molecule has 11 heteroatoms. The summed E-state index contributed by atoms with van der Waals surface area (Å²) in [6.07, 6.45) is 3.02. The van der Waals surface area contributed by atoms with Crippen LogP contribution in [0, 0.1) is 10.5 Å². The van der Waals surface area contributed by atoms with Crippen molar-refractivity contribution in [2.24, 2.45) is 7.05 Å². The summed E-state index contributed by atoms with van der Waals surface area (Å²) < 4.78 is 8.66. The summed E-state index contributed by atoms with van der Waals surface area (Å²) in [6, 6.07) is 9.43. The molecule has 4 aromatic rings. The van der Waals surface area contributed by atoms with Crippen molar-refractivity contribution in [1.29, 1.82) is 0 Å². The number of fused-ring (bicyclic) bond motifs is 1. The van der Waals surface area contributed by atoms with E-state index in [9.17, 15) is 5.11 Å². The highest BCUT2D eigenvalue weighted by molar-refractivity contribution is 14.1. The van der Waals surface area contributed by atoms with Crippen molar-refractivity contribution in [3.8, 4) is 28.5 Å². The van der Waals surface area contributed by atoms with Crippen molar-refractivity contribution in [2.75, 3.05) is 25.1 Å². The molecule has 0 bridgehead atoms. The van der Waals surface area contributed by atoms with Crippen LogP contribution in [0.3, 0.4) is 0 Å². The van der Waals surface area contributed by atoms with Crippen LogP contribution < -0.4 is 15.0 Å². The molecule has 1 aliphatic rings. The molecule has 0 amide bonds. The molecule has 3 aromatic heterocycles. The molecule has 0 aliphatic carbocycles. The lowest BCUT2D eigenvalue weighted by Crippen LogP contribution is -2.29. The first-order valence-corrected chi connectivity index (χ1v) is 13.3. The summed E-state index contributed by atoms with van der Waals surface area (Å²) in [5.41, 5.74) is 5.55. The van der Waals surface area contributed by atoms with E-state index in [1.165, 1.54) is 5.56 Å².